The Balaban J connectivity index is 2.11. The maximum absolute atomic E-state index is 11.8. The number of allylic oxidation sites excluding steroid dienone is 1. The van der Waals surface area contributed by atoms with E-state index in [9.17, 15) is 14.7 Å². The van der Waals surface area contributed by atoms with Crippen molar-refractivity contribution in [3.63, 3.8) is 0 Å². The Morgan fingerprint density at radius 3 is 3.12 bits per heavy atom. The zero-order valence-corrected chi connectivity index (χ0v) is 9.43. The number of hydrogen-bond acceptors (Lipinski definition) is 5. The van der Waals surface area contributed by atoms with Crippen molar-refractivity contribution in [2.24, 2.45) is 5.92 Å². The molecule has 1 aliphatic carbocycles. The van der Waals surface area contributed by atoms with Gasteiger partial charge in [0.1, 0.15) is 17.9 Å². The molecule has 6 heteroatoms. The monoisotopic (exact) mass is 239 g/mol. The summed E-state index contributed by atoms with van der Waals surface area (Å²) in [6.07, 6.45) is 1.10. The molecule has 0 radical (unpaired) electrons. The lowest BCUT2D eigenvalue weighted by Gasteiger charge is -2.31. The molecule has 3 rings (SSSR count). The number of aliphatic hydroxyl groups excluding tert-OH is 1. The molecule has 0 aromatic carbocycles. The normalized spacial score (nSPS) is 35.2. The molecule has 0 aromatic rings. The number of carbonyl (C=O) groups excluding carboxylic acids is 2. The van der Waals surface area contributed by atoms with Gasteiger partial charge in [0.2, 0.25) is 0 Å². The molecule has 0 bridgehead atoms. The Morgan fingerprint density at radius 2 is 2.41 bits per heavy atom. The van der Waals surface area contributed by atoms with Gasteiger partial charge in [0.05, 0.1) is 7.11 Å². The first kappa shape index (κ1) is 10.6. The lowest BCUT2D eigenvalue weighted by Crippen LogP contribution is -2.47. The van der Waals surface area contributed by atoms with Crippen molar-refractivity contribution in [3.8, 4) is 0 Å². The smallest absolute Gasteiger partial charge is 0.342 e. The Kier molecular flexibility index (Phi) is 2.01. The first-order chi connectivity index (χ1) is 8.11. The fraction of sp³-hybridized carbons (Fsp3) is 0.636. The third-order valence-corrected chi connectivity index (χ3v) is 3.85. The van der Waals surface area contributed by atoms with E-state index in [0.29, 0.717) is 13.0 Å². The van der Waals surface area contributed by atoms with Gasteiger partial charge >= 0.3 is 5.97 Å². The Bertz CT molecular complexity index is 443. The van der Waals surface area contributed by atoms with E-state index in [1.54, 1.807) is 4.90 Å². The predicted molar refractivity (Wildman–Crippen MR) is 54.8 cm³/mol. The van der Waals surface area contributed by atoms with Gasteiger partial charge in [-0.2, -0.15) is 0 Å². The average molecular weight is 239 g/mol. The number of nitrogens with zero attached hydrogens (tertiary/aromatic N) is 1. The van der Waals surface area contributed by atoms with Gasteiger partial charge in [-0.3, -0.25) is 4.79 Å². The van der Waals surface area contributed by atoms with Gasteiger partial charge in [-0.1, -0.05) is 0 Å². The lowest BCUT2D eigenvalue weighted by atomic mass is 9.95. The molecule has 2 fully saturated rings. The highest BCUT2D eigenvalue weighted by Gasteiger charge is 2.64. The van der Waals surface area contributed by atoms with Crippen molar-refractivity contribution in [2.45, 2.75) is 18.6 Å². The number of amides is 1. The number of carbonyl (C=O) groups is 2. The van der Waals surface area contributed by atoms with E-state index in [1.165, 1.54) is 7.11 Å². The summed E-state index contributed by atoms with van der Waals surface area (Å²) in [7, 11) is 1.25. The second kappa shape index (κ2) is 3.22. The van der Waals surface area contributed by atoms with Crippen molar-refractivity contribution in [1.29, 1.82) is 0 Å². The topological polar surface area (TPSA) is 76.1 Å². The van der Waals surface area contributed by atoms with Gasteiger partial charge in [0.25, 0.3) is 5.91 Å². The van der Waals surface area contributed by atoms with E-state index in [1.807, 2.05) is 0 Å². The highest BCUT2D eigenvalue weighted by atomic mass is 16.6. The number of aliphatic hydroxyl groups is 1. The van der Waals surface area contributed by atoms with E-state index in [2.05, 4.69) is 4.74 Å². The van der Waals surface area contributed by atoms with Crippen LogP contribution in [0.1, 0.15) is 12.8 Å². The molecule has 2 saturated heterocycles. The molecule has 17 heavy (non-hydrogen) atoms. The largest absolute Gasteiger partial charge is 0.512 e. The van der Waals surface area contributed by atoms with Crippen molar-refractivity contribution in [1.82, 2.24) is 4.90 Å². The zero-order valence-electron chi connectivity index (χ0n) is 9.43. The summed E-state index contributed by atoms with van der Waals surface area (Å²) in [5.74, 6) is -0.806. The molecule has 2 atom stereocenters. The van der Waals surface area contributed by atoms with Crippen LogP contribution in [-0.2, 0) is 19.1 Å². The van der Waals surface area contributed by atoms with E-state index in [0.717, 1.165) is 6.42 Å². The summed E-state index contributed by atoms with van der Waals surface area (Å²) in [5, 5.41) is 9.89. The van der Waals surface area contributed by atoms with Crippen LogP contribution in [0.4, 0.5) is 0 Å². The molecule has 1 spiro atoms. The molecule has 2 heterocycles. The van der Waals surface area contributed by atoms with E-state index < -0.39 is 11.7 Å². The molecule has 0 saturated carbocycles. The highest BCUT2D eigenvalue weighted by molar-refractivity contribution is 5.95. The van der Waals surface area contributed by atoms with Crippen molar-refractivity contribution in [2.75, 3.05) is 20.3 Å². The second-order valence-corrected chi connectivity index (χ2v) is 4.53. The lowest BCUT2D eigenvalue weighted by molar-refractivity contribution is -0.143. The van der Waals surface area contributed by atoms with Crippen LogP contribution in [0.25, 0.3) is 0 Å². The minimum atomic E-state index is -1.06. The van der Waals surface area contributed by atoms with Crippen LogP contribution in [0.2, 0.25) is 0 Å². The van der Waals surface area contributed by atoms with Gasteiger partial charge in [0.15, 0.2) is 5.72 Å². The van der Waals surface area contributed by atoms with Crippen LogP contribution >= 0.6 is 0 Å². The van der Waals surface area contributed by atoms with E-state index >= 15 is 0 Å². The SMILES string of the molecule is COC(=O)C1=C(O)C[C@@H]2CCN3C(=O)CO[C@@]123. The molecule has 92 valence electrons. The summed E-state index contributed by atoms with van der Waals surface area (Å²) >= 11 is 0. The molecule has 0 aromatic heterocycles. The fourth-order valence-corrected chi connectivity index (χ4v) is 3.18. The van der Waals surface area contributed by atoms with E-state index in [-0.39, 0.29) is 29.8 Å². The van der Waals surface area contributed by atoms with Crippen LogP contribution in [0.5, 0.6) is 0 Å². The summed E-state index contributed by atoms with van der Waals surface area (Å²) < 4.78 is 10.2. The van der Waals surface area contributed by atoms with Crippen LogP contribution in [-0.4, -0.2) is 47.9 Å². The Hall–Kier alpha value is -1.56. The van der Waals surface area contributed by atoms with Crippen molar-refractivity contribution in [3.05, 3.63) is 11.3 Å². The third kappa shape index (κ3) is 1.08. The van der Waals surface area contributed by atoms with Gasteiger partial charge in [-0.05, 0) is 6.42 Å². The third-order valence-electron chi connectivity index (χ3n) is 3.85. The zero-order chi connectivity index (χ0) is 12.2. The molecule has 3 aliphatic rings. The van der Waals surface area contributed by atoms with Crippen molar-refractivity contribution < 1.29 is 24.2 Å². The first-order valence-corrected chi connectivity index (χ1v) is 5.56. The number of hydrogen-bond donors (Lipinski definition) is 1. The fourth-order valence-electron chi connectivity index (χ4n) is 3.18. The van der Waals surface area contributed by atoms with Gasteiger partial charge in [-0.25, -0.2) is 4.79 Å². The highest BCUT2D eigenvalue weighted by Crippen LogP contribution is 2.53. The van der Waals surface area contributed by atoms with Gasteiger partial charge in [-0.15, -0.1) is 0 Å². The number of esters is 1. The van der Waals surface area contributed by atoms with Crippen LogP contribution < -0.4 is 0 Å². The molecular weight excluding hydrogens is 226 g/mol. The minimum Gasteiger partial charge on any atom is -0.512 e. The molecule has 1 amide bonds. The molecule has 6 nitrogen and oxygen atoms in total. The van der Waals surface area contributed by atoms with E-state index in [4.69, 9.17) is 4.74 Å². The standard InChI is InChI=1S/C11H13NO5/c1-16-10(15)9-7(13)4-6-2-3-12-8(14)5-17-11(6,9)12/h6,13H,2-5H2,1H3/t6-,11+/m0/s1. The summed E-state index contributed by atoms with van der Waals surface area (Å²) in [4.78, 5) is 25.0. The average Bonchev–Trinajstić information content (AvgIpc) is 2.87. The number of ether oxygens (including phenoxy) is 2. The summed E-state index contributed by atoms with van der Waals surface area (Å²) in [6.45, 7) is 0.529. The summed E-state index contributed by atoms with van der Waals surface area (Å²) in [6, 6.07) is 0. The van der Waals surface area contributed by atoms with Gasteiger partial charge in [0, 0.05) is 18.9 Å². The van der Waals surface area contributed by atoms with Crippen molar-refractivity contribution >= 4 is 11.9 Å². The quantitative estimate of drug-likeness (QED) is 0.649. The molecule has 0 unspecified atom stereocenters. The summed E-state index contributed by atoms with van der Waals surface area (Å²) in [5.41, 5.74) is -0.956. The van der Waals surface area contributed by atoms with Crippen LogP contribution in [0, 0.1) is 5.92 Å². The Morgan fingerprint density at radius 1 is 1.65 bits per heavy atom. The van der Waals surface area contributed by atoms with Crippen LogP contribution in [0.3, 0.4) is 0 Å². The first-order valence-electron chi connectivity index (χ1n) is 5.56. The molecule has 2 aliphatic heterocycles. The maximum atomic E-state index is 11.8. The number of rotatable bonds is 1. The van der Waals surface area contributed by atoms with Crippen LogP contribution in [0.15, 0.2) is 11.3 Å². The minimum absolute atomic E-state index is 0.0127. The predicted octanol–water partition coefficient (Wildman–Crippen LogP) is -0.0498. The Labute approximate surface area is 97.8 Å². The molecular formula is C11H13NO5. The number of methoxy groups -OCH3 is 1. The van der Waals surface area contributed by atoms with Gasteiger partial charge < -0.3 is 19.5 Å². The molecule has 1 N–H and O–H groups in total. The maximum Gasteiger partial charge on any atom is 0.342 e. The second-order valence-electron chi connectivity index (χ2n) is 4.53.